The zero-order valence-corrected chi connectivity index (χ0v) is 14.2. The van der Waals surface area contributed by atoms with E-state index in [1.54, 1.807) is 0 Å². The molecule has 4 rings (SSSR count). The molecule has 0 saturated heterocycles. The number of hydrogen-bond acceptors (Lipinski definition) is 3. The molecule has 0 bridgehead atoms. The Bertz CT molecular complexity index is 490. The summed E-state index contributed by atoms with van der Waals surface area (Å²) in [5, 5.41) is 14.5. The molecule has 3 nitrogen and oxygen atoms in total. The fourth-order valence-electron chi connectivity index (χ4n) is 7.22. The maximum Gasteiger partial charge on any atom is 0.0543 e. The van der Waals surface area contributed by atoms with Crippen LogP contribution < -0.4 is 5.84 Å². The lowest BCUT2D eigenvalue weighted by atomic mass is 9.44. The van der Waals surface area contributed by atoms with Crippen molar-refractivity contribution in [3.05, 3.63) is 0 Å². The summed E-state index contributed by atoms with van der Waals surface area (Å²) in [7, 11) is 0. The van der Waals surface area contributed by atoms with Gasteiger partial charge in [-0.2, -0.15) is 5.10 Å². The van der Waals surface area contributed by atoms with Gasteiger partial charge < -0.3 is 10.9 Å². The Labute approximate surface area is 134 Å². The molecule has 3 heteroatoms. The highest BCUT2D eigenvalue weighted by Crippen LogP contribution is 2.65. The number of hydrazone groups is 1. The van der Waals surface area contributed by atoms with Crippen LogP contribution in [0.3, 0.4) is 0 Å². The second-order valence-corrected chi connectivity index (χ2v) is 9.30. The van der Waals surface area contributed by atoms with E-state index in [1.165, 1.54) is 37.8 Å². The zero-order chi connectivity index (χ0) is 15.5. The number of aliphatic hydroxyl groups excluding tert-OH is 1. The van der Waals surface area contributed by atoms with E-state index in [-0.39, 0.29) is 6.10 Å². The summed E-state index contributed by atoms with van der Waals surface area (Å²) in [6, 6.07) is 0. The smallest absolute Gasteiger partial charge is 0.0543 e. The highest BCUT2D eigenvalue weighted by atomic mass is 16.3. The Balaban J connectivity index is 1.72. The summed E-state index contributed by atoms with van der Waals surface area (Å²) in [6.45, 7) is 4.98. The van der Waals surface area contributed by atoms with Crippen LogP contribution in [0.4, 0.5) is 0 Å². The Hall–Kier alpha value is -0.570. The average molecular weight is 304 g/mol. The molecule has 0 radical (unpaired) electrons. The first kappa shape index (κ1) is 15.0. The van der Waals surface area contributed by atoms with Crippen molar-refractivity contribution in [2.75, 3.05) is 0 Å². The van der Waals surface area contributed by atoms with E-state index in [0.717, 1.165) is 37.5 Å². The molecule has 3 N–H and O–H groups in total. The first-order valence-corrected chi connectivity index (χ1v) is 9.43. The normalized spacial score (nSPS) is 56.3. The number of aliphatic hydroxyl groups is 1. The number of nitrogens with two attached hydrogens (primary N) is 1. The lowest BCUT2D eigenvalue weighted by Gasteiger charge is -2.60. The molecular formula is C19H32N2O. The topological polar surface area (TPSA) is 58.6 Å². The van der Waals surface area contributed by atoms with Crippen molar-refractivity contribution in [3.8, 4) is 0 Å². The molecule has 4 fully saturated rings. The molecule has 0 amide bonds. The third-order valence-electron chi connectivity index (χ3n) is 8.28. The van der Waals surface area contributed by atoms with Crippen molar-refractivity contribution in [2.45, 2.75) is 77.7 Å². The first-order chi connectivity index (χ1) is 10.5. The van der Waals surface area contributed by atoms with E-state index < -0.39 is 0 Å². The van der Waals surface area contributed by atoms with E-state index in [0.29, 0.717) is 22.7 Å². The quantitative estimate of drug-likeness (QED) is 0.529. The summed E-state index contributed by atoms with van der Waals surface area (Å²) >= 11 is 0. The van der Waals surface area contributed by atoms with E-state index in [1.807, 2.05) is 0 Å². The number of nitrogens with zero attached hydrogens (tertiary/aromatic N) is 1. The van der Waals surface area contributed by atoms with Crippen LogP contribution >= 0.6 is 0 Å². The molecule has 4 aliphatic rings. The zero-order valence-electron chi connectivity index (χ0n) is 14.2. The van der Waals surface area contributed by atoms with Crippen LogP contribution in [-0.2, 0) is 0 Å². The molecule has 4 saturated carbocycles. The van der Waals surface area contributed by atoms with Crippen molar-refractivity contribution in [1.82, 2.24) is 0 Å². The van der Waals surface area contributed by atoms with Gasteiger partial charge in [0.1, 0.15) is 0 Å². The predicted octanol–water partition coefficient (Wildman–Crippen LogP) is 3.70. The number of hydrogen-bond donors (Lipinski definition) is 2. The van der Waals surface area contributed by atoms with Crippen molar-refractivity contribution >= 4 is 5.71 Å². The fourth-order valence-corrected chi connectivity index (χ4v) is 7.22. The molecule has 0 spiro atoms. The van der Waals surface area contributed by atoms with E-state index in [4.69, 9.17) is 5.84 Å². The number of rotatable bonds is 0. The van der Waals surface area contributed by atoms with Gasteiger partial charge in [-0.1, -0.05) is 20.3 Å². The lowest BCUT2D eigenvalue weighted by Crippen LogP contribution is -2.57. The molecule has 7 atom stereocenters. The first-order valence-electron chi connectivity index (χ1n) is 9.43. The van der Waals surface area contributed by atoms with Crippen LogP contribution in [0.5, 0.6) is 0 Å². The van der Waals surface area contributed by atoms with Gasteiger partial charge in [0.25, 0.3) is 0 Å². The van der Waals surface area contributed by atoms with E-state index in [9.17, 15) is 5.11 Å². The molecule has 0 aromatic carbocycles. The van der Waals surface area contributed by atoms with Gasteiger partial charge in [-0.15, -0.1) is 0 Å². The van der Waals surface area contributed by atoms with Crippen molar-refractivity contribution in [2.24, 2.45) is 45.4 Å². The van der Waals surface area contributed by atoms with Gasteiger partial charge in [0, 0.05) is 11.6 Å². The summed E-state index contributed by atoms with van der Waals surface area (Å²) in [5.74, 6) is 8.82. The maximum atomic E-state index is 10.1. The summed E-state index contributed by atoms with van der Waals surface area (Å²) in [4.78, 5) is 0. The third-order valence-corrected chi connectivity index (χ3v) is 8.28. The van der Waals surface area contributed by atoms with Gasteiger partial charge in [0.05, 0.1) is 6.10 Å². The van der Waals surface area contributed by atoms with Gasteiger partial charge in [-0.05, 0) is 80.0 Å². The highest BCUT2D eigenvalue weighted by molar-refractivity contribution is 5.89. The predicted molar refractivity (Wildman–Crippen MR) is 89.4 cm³/mol. The molecule has 0 aromatic heterocycles. The minimum Gasteiger partial charge on any atom is -0.393 e. The monoisotopic (exact) mass is 304 g/mol. The maximum absolute atomic E-state index is 10.1. The Kier molecular flexibility index (Phi) is 3.38. The van der Waals surface area contributed by atoms with Crippen LogP contribution in [0.1, 0.15) is 71.6 Å². The van der Waals surface area contributed by atoms with Crippen molar-refractivity contribution in [1.29, 1.82) is 0 Å². The van der Waals surface area contributed by atoms with Crippen LogP contribution in [0, 0.1) is 34.5 Å². The summed E-state index contributed by atoms with van der Waals surface area (Å²) in [5.41, 5.74) is 2.09. The van der Waals surface area contributed by atoms with Gasteiger partial charge in [0.2, 0.25) is 0 Å². The number of fused-ring (bicyclic) bond motifs is 5. The Morgan fingerprint density at radius 2 is 1.95 bits per heavy atom. The summed E-state index contributed by atoms with van der Waals surface area (Å²) < 4.78 is 0. The van der Waals surface area contributed by atoms with Gasteiger partial charge in [-0.3, -0.25) is 0 Å². The molecule has 0 unspecified atom stereocenters. The molecule has 124 valence electrons. The van der Waals surface area contributed by atoms with Gasteiger partial charge >= 0.3 is 0 Å². The lowest BCUT2D eigenvalue weighted by molar-refractivity contribution is -0.0788. The van der Waals surface area contributed by atoms with Crippen LogP contribution in [0.25, 0.3) is 0 Å². The van der Waals surface area contributed by atoms with Gasteiger partial charge in [-0.25, -0.2) is 0 Å². The van der Waals surface area contributed by atoms with Gasteiger partial charge in [0.15, 0.2) is 0 Å². The molecule has 4 aliphatic carbocycles. The van der Waals surface area contributed by atoms with Crippen molar-refractivity contribution < 1.29 is 5.11 Å². The average Bonchev–Trinajstić information content (AvgIpc) is 2.88. The van der Waals surface area contributed by atoms with E-state index >= 15 is 0 Å². The van der Waals surface area contributed by atoms with Crippen LogP contribution in [-0.4, -0.2) is 16.9 Å². The fraction of sp³-hybridized carbons (Fsp3) is 0.947. The largest absolute Gasteiger partial charge is 0.393 e. The SMILES string of the molecule is C[C@]12CCC[C@@H]1[C@@H]1CC[C@H]3C[C@H](O)CC[C@@]3(C)[C@@H]1/C(=N\N)C2. The molecule has 0 aromatic rings. The second kappa shape index (κ2) is 4.96. The minimum atomic E-state index is -0.0757. The molecule has 22 heavy (non-hydrogen) atoms. The molecular weight excluding hydrogens is 272 g/mol. The molecule has 0 aliphatic heterocycles. The minimum absolute atomic E-state index is 0.0757. The second-order valence-electron chi connectivity index (χ2n) is 9.30. The highest BCUT2D eigenvalue weighted by Gasteiger charge is 2.60. The van der Waals surface area contributed by atoms with Crippen LogP contribution in [0.2, 0.25) is 0 Å². The molecule has 0 heterocycles. The third kappa shape index (κ3) is 1.93. The Morgan fingerprint density at radius 1 is 1.14 bits per heavy atom. The van der Waals surface area contributed by atoms with Crippen LogP contribution in [0.15, 0.2) is 5.10 Å². The standard InChI is InChI=1S/C19H32N2O/c1-18-8-3-4-15(18)14-6-5-12-10-13(22)7-9-19(12,2)17(14)16(11-18)21-20/h12-15,17,22H,3-11,20H2,1-2H3/b21-16-/t12-,13+,14-,15+,17-,18+,19+/m0/s1. The van der Waals surface area contributed by atoms with E-state index in [2.05, 4.69) is 18.9 Å². The Morgan fingerprint density at radius 3 is 2.73 bits per heavy atom. The summed E-state index contributed by atoms with van der Waals surface area (Å²) in [6.07, 6.45) is 11.0. The van der Waals surface area contributed by atoms with Crippen molar-refractivity contribution in [3.63, 3.8) is 0 Å².